The average molecular weight is 197 g/mol. The van der Waals surface area contributed by atoms with E-state index >= 15 is 0 Å². The maximum atomic E-state index is 12.7. The molecule has 0 saturated heterocycles. The highest BCUT2D eigenvalue weighted by Crippen LogP contribution is 2.18. The van der Waals surface area contributed by atoms with Crippen molar-refractivity contribution in [2.75, 3.05) is 7.05 Å². The molecule has 14 heavy (non-hydrogen) atoms. The predicted molar refractivity (Wildman–Crippen MR) is 48.4 cm³/mol. The Morgan fingerprint density at radius 3 is 2.93 bits per heavy atom. The van der Waals surface area contributed by atoms with Crippen LogP contribution < -0.4 is 4.74 Å². The van der Waals surface area contributed by atoms with Gasteiger partial charge in [-0.3, -0.25) is 4.99 Å². The number of rotatable bonds is 3. The SMILES string of the molecule is C/N=C\Oc1ccc(F)cc1C(=O)O. The van der Waals surface area contributed by atoms with Crippen LogP contribution in [0.1, 0.15) is 10.4 Å². The number of carboxylic acid groups (broad SMARTS) is 1. The van der Waals surface area contributed by atoms with E-state index in [1.54, 1.807) is 0 Å². The van der Waals surface area contributed by atoms with Crippen molar-refractivity contribution in [3.8, 4) is 5.75 Å². The van der Waals surface area contributed by atoms with E-state index in [4.69, 9.17) is 9.84 Å². The van der Waals surface area contributed by atoms with E-state index in [0.717, 1.165) is 18.5 Å². The van der Waals surface area contributed by atoms with Gasteiger partial charge in [0.1, 0.15) is 17.1 Å². The van der Waals surface area contributed by atoms with Gasteiger partial charge in [-0.05, 0) is 18.2 Å². The molecule has 4 nitrogen and oxygen atoms in total. The van der Waals surface area contributed by atoms with Crippen molar-refractivity contribution < 1.29 is 19.0 Å². The first-order chi connectivity index (χ1) is 6.65. The van der Waals surface area contributed by atoms with Crippen molar-refractivity contribution in [2.45, 2.75) is 0 Å². The normalized spacial score (nSPS) is 10.4. The first-order valence-electron chi connectivity index (χ1n) is 3.75. The lowest BCUT2D eigenvalue weighted by Gasteiger charge is -2.03. The second-order valence-corrected chi connectivity index (χ2v) is 2.43. The Labute approximate surface area is 79.7 Å². The van der Waals surface area contributed by atoms with Crippen molar-refractivity contribution in [1.29, 1.82) is 0 Å². The highest BCUT2D eigenvalue weighted by Gasteiger charge is 2.11. The summed E-state index contributed by atoms with van der Waals surface area (Å²) >= 11 is 0. The van der Waals surface area contributed by atoms with Gasteiger partial charge in [-0.2, -0.15) is 0 Å². The number of ether oxygens (including phenoxy) is 1. The van der Waals surface area contributed by atoms with E-state index in [2.05, 4.69) is 4.99 Å². The number of carboxylic acids is 1. The van der Waals surface area contributed by atoms with Gasteiger partial charge in [0, 0.05) is 7.05 Å². The number of hydrogen-bond acceptors (Lipinski definition) is 3. The lowest BCUT2D eigenvalue weighted by Crippen LogP contribution is -2.02. The van der Waals surface area contributed by atoms with Crippen LogP contribution in [0.5, 0.6) is 5.75 Å². The second kappa shape index (κ2) is 4.36. The Bertz CT molecular complexity index is 376. The van der Waals surface area contributed by atoms with Gasteiger partial charge in [0.15, 0.2) is 6.40 Å². The van der Waals surface area contributed by atoms with Gasteiger partial charge in [0.05, 0.1) is 0 Å². The molecule has 0 aliphatic carbocycles. The van der Waals surface area contributed by atoms with Crippen molar-refractivity contribution >= 4 is 12.4 Å². The van der Waals surface area contributed by atoms with Crippen molar-refractivity contribution in [1.82, 2.24) is 0 Å². The standard InChI is InChI=1S/C9H8FNO3/c1-11-5-14-8-3-2-6(10)4-7(8)9(12)13/h2-5H,1H3,(H,12,13)/b11-5-. The van der Waals surface area contributed by atoms with Crippen molar-refractivity contribution in [3.63, 3.8) is 0 Å². The minimum Gasteiger partial charge on any atom is -0.478 e. The zero-order valence-electron chi connectivity index (χ0n) is 7.40. The Balaban J connectivity index is 3.08. The molecule has 0 fully saturated rings. The first-order valence-corrected chi connectivity index (χ1v) is 3.75. The zero-order valence-corrected chi connectivity index (χ0v) is 7.40. The summed E-state index contributed by atoms with van der Waals surface area (Å²) in [6.45, 7) is 0. The first kappa shape index (κ1) is 10.2. The molecule has 0 aliphatic rings. The van der Waals surface area contributed by atoms with E-state index in [0.29, 0.717) is 0 Å². The number of halogens is 1. The molecule has 0 radical (unpaired) electrons. The van der Waals surface area contributed by atoms with E-state index in [9.17, 15) is 9.18 Å². The summed E-state index contributed by atoms with van der Waals surface area (Å²) < 4.78 is 17.5. The van der Waals surface area contributed by atoms with Gasteiger partial charge in [-0.1, -0.05) is 0 Å². The molecule has 0 atom stereocenters. The maximum absolute atomic E-state index is 12.7. The van der Waals surface area contributed by atoms with Crippen LogP contribution in [0.3, 0.4) is 0 Å². The fraction of sp³-hybridized carbons (Fsp3) is 0.111. The topological polar surface area (TPSA) is 58.9 Å². The largest absolute Gasteiger partial charge is 0.478 e. The summed E-state index contributed by atoms with van der Waals surface area (Å²) in [7, 11) is 1.48. The average Bonchev–Trinajstić information content (AvgIpc) is 2.15. The van der Waals surface area contributed by atoms with Crippen LogP contribution in [0.4, 0.5) is 4.39 Å². The molecule has 1 aromatic carbocycles. The summed E-state index contributed by atoms with van der Waals surface area (Å²) in [5.41, 5.74) is -0.232. The van der Waals surface area contributed by atoms with E-state index in [1.165, 1.54) is 13.1 Å². The minimum atomic E-state index is -1.25. The van der Waals surface area contributed by atoms with Crippen LogP contribution in [0.15, 0.2) is 23.2 Å². The molecule has 1 N–H and O–H groups in total. The lowest BCUT2D eigenvalue weighted by atomic mass is 10.2. The molecule has 0 bridgehead atoms. The van der Waals surface area contributed by atoms with Gasteiger partial charge in [-0.15, -0.1) is 0 Å². The highest BCUT2D eigenvalue weighted by atomic mass is 19.1. The minimum absolute atomic E-state index is 0.0597. The van der Waals surface area contributed by atoms with E-state index < -0.39 is 11.8 Å². The molecular formula is C9H8FNO3. The van der Waals surface area contributed by atoms with Crippen LogP contribution in [-0.2, 0) is 0 Å². The molecule has 0 amide bonds. The van der Waals surface area contributed by atoms with E-state index in [-0.39, 0.29) is 11.3 Å². The lowest BCUT2D eigenvalue weighted by molar-refractivity contribution is 0.0694. The molecule has 74 valence electrons. The molecule has 0 aromatic heterocycles. The number of nitrogens with zero attached hydrogens (tertiary/aromatic N) is 1. The molecular weight excluding hydrogens is 189 g/mol. The highest BCUT2D eigenvalue weighted by molar-refractivity contribution is 5.91. The van der Waals surface area contributed by atoms with Crippen LogP contribution in [0.2, 0.25) is 0 Å². The molecule has 0 saturated carbocycles. The molecule has 1 rings (SSSR count). The Hall–Kier alpha value is -1.91. The van der Waals surface area contributed by atoms with E-state index in [1.807, 2.05) is 0 Å². The monoisotopic (exact) mass is 197 g/mol. The fourth-order valence-corrected chi connectivity index (χ4v) is 0.882. The summed E-state index contributed by atoms with van der Waals surface area (Å²) in [5.74, 6) is -1.81. The molecule has 0 heterocycles. The maximum Gasteiger partial charge on any atom is 0.339 e. The summed E-state index contributed by atoms with van der Waals surface area (Å²) in [6.07, 6.45) is 1.08. The Kier molecular flexibility index (Phi) is 3.17. The molecule has 1 aromatic rings. The summed E-state index contributed by atoms with van der Waals surface area (Å²) in [5, 5.41) is 8.70. The molecule has 5 heteroatoms. The number of aliphatic imine (C=N–C) groups is 1. The third-order valence-electron chi connectivity index (χ3n) is 1.46. The van der Waals surface area contributed by atoms with Crippen LogP contribution in [0, 0.1) is 5.82 Å². The third kappa shape index (κ3) is 2.29. The molecule has 0 aliphatic heterocycles. The van der Waals surface area contributed by atoms with Gasteiger partial charge in [0.25, 0.3) is 0 Å². The Morgan fingerprint density at radius 2 is 2.36 bits per heavy atom. The summed E-state index contributed by atoms with van der Waals surface area (Å²) in [4.78, 5) is 14.2. The van der Waals surface area contributed by atoms with Gasteiger partial charge in [0.2, 0.25) is 0 Å². The quantitative estimate of drug-likeness (QED) is 0.590. The number of benzene rings is 1. The zero-order chi connectivity index (χ0) is 10.6. The summed E-state index contributed by atoms with van der Waals surface area (Å²) in [6, 6.07) is 3.24. The fourth-order valence-electron chi connectivity index (χ4n) is 0.882. The number of carbonyl (C=O) groups is 1. The van der Waals surface area contributed by atoms with Crippen molar-refractivity contribution in [2.24, 2.45) is 4.99 Å². The smallest absolute Gasteiger partial charge is 0.339 e. The van der Waals surface area contributed by atoms with Gasteiger partial charge >= 0.3 is 5.97 Å². The number of aromatic carboxylic acids is 1. The third-order valence-corrected chi connectivity index (χ3v) is 1.46. The second-order valence-electron chi connectivity index (χ2n) is 2.43. The number of hydrogen-bond donors (Lipinski definition) is 1. The Morgan fingerprint density at radius 1 is 1.64 bits per heavy atom. The van der Waals surface area contributed by atoms with Gasteiger partial charge < -0.3 is 9.84 Å². The van der Waals surface area contributed by atoms with Crippen molar-refractivity contribution in [3.05, 3.63) is 29.6 Å². The van der Waals surface area contributed by atoms with Gasteiger partial charge in [-0.25, -0.2) is 9.18 Å². The molecule has 0 spiro atoms. The van der Waals surface area contributed by atoms with Crippen LogP contribution >= 0.6 is 0 Å². The predicted octanol–water partition coefficient (Wildman–Crippen LogP) is 1.56. The van der Waals surface area contributed by atoms with Crippen LogP contribution in [0.25, 0.3) is 0 Å². The van der Waals surface area contributed by atoms with Crippen LogP contribution in [-0.4, -0.2) is 24.5 Å². The molecule has 0 unspecified atom stereocenters.